The summed E-state index contributed by atoms with van der Waals surface area (Å²) in [7, 11) is 0. The molecule has 2 aromatic rings. The maximum Gasteiger partial charge on any atom is 2.00 e. The zero-order chi connectivity index (χ0) is 13.8. The SMILES string of the molecule is CC(F)(F)[c-]1cccc1.CC(F)(F)[c-]1cccc1.[Co+2]. The Bertz CT molecular complexity index is 388. The van der Waals surface area contributed by atoms with Crippen molar-refractivity contribution in [2.75, 3.05) is 0 Å². The fourth-order valence-corrected chi connectivity index (χ4v) is 1.33. The Morgan fingerprint density at radius 2 is 0.842 bits per heavy atom. The quantitative estimate of drug-likeness (QED) is 0.538. The van der Waals surface area contributed by atoms with Gasteiger partial charge in [0.05, 0.1) is 0 Å². The van der Waals surface area contributed by atoms with Crippen LogP contribution in [-0.2, 0) is 28.6 Å². The summed E-state index contributed by atoms with van der Waals surface area (Å²) >= 11 is 0. The minimum atomic E-state index is -2.68. The number of hydrogen-bond donors (Lipinski definition) is 0. The van der Waals surface area contributed by atoms with Crippen LogP contribution in [0.15, 0.2) is 48.5 Å². The van der Waals surface area contributed by atoms with E-state index in [1.807, 2.05) is 0 Å². The average molecular weight is 317 g/mol. The van der Waals surface area contributed by atoms with Crippen molar-refractivity contribution in [2.24, 2.45) is 0 Å². The Morgan fingerprint density at radius 3 is 0.947 bits per heavy atom. The molecule has 0 N–H and O–H groups in total. The zero-order valence-corrected chi connectivity index (χ0v) is 11.5. The van der Waals surface area contributed by atoms with Gasteiger partial charge in [0, 0.05) is 0 Å². The predicted octanol–water partition coefficient (Wildman–Crippen LogP) is 5.03. The van der Waals surface area contributed by atoms with Crippen molar-refractivity contribution in [3.05, 3.63) is 59.7 Å². The largest absolute Gasteiger partial charge is 2.00 e. The van der Waals surface area contributed by atoms with Gasteiger partial charge < -0.3 is 0 Å². The molecule has 0 saturated carbocycles. The van der Waals surface area contributed by atoms with Crippen LogP contribution in [0.3, 0.4) is 0 Å². The zero-order valence-electron chi connectivity index (χ0n) is 10.5. The summed E-state index contributed by atoms with van der Waals surface area (Å²) < 4.78 is 49.2. The summed E-state index contributed by atoms with van der Waals surface area (Å²) in [4.78, 5) is 0. The van der Waals surface area contributed by atoms with Gasteiger partial charge in [0.2, 0.25) is 11.8 Å². The Morgan fingerprint density at radius 1 is 0.632 bits per heavy atom. The molecule has 2 rings (SSSR count). The van der Waals surface area contributed by atoms with E-state index in [9.17, 15) is 17.6 Å². The molecular weight excluding hydrogens is 303 g/mol. The second-order valence-corrected chi connectivity index (χ2v) is 4.12. The van der Waals surface area contributed by atoms with Crippen molar-refractivity contribution in [1.29, 1.82) is 0 Å². The van der Waals surface area contributed by atoms with Crippen molar-refractivity contribution < 1.29 is 34.3 Å². The summed E-state index contributed by atoms with van der Waals surface area (Å²) in [6.07, 6.45) is 0. The molecule has 0 nitrogen and oxygen atoms in total. The molecule has 0 aliphatic rings. The van der Waals surface area contributed by atoms with Gasteiger partial charge in [0.15, 0.2) is 0 Å². The second kappa shape index (κ2) is 6.91. The molecule has 0 amide bonds. The third-order valence-electron chi connectivity index (χ3n) is 2.34. The number of hydrogen-bond acceptors (Lipinski definition) is 0. The normalized spacial score (nSPS) is 11.3. The third-order valence-corrected chi connectivity index (χ3v) is 2.34. The molecule has 0 bridgehead atoms. The molecule has 0 fully saturated rings. The summed E-state index contributed by atoms with van der Waals surface area (Å²) in [5, 5.41) is 0. The van der Waals surface area contributed by atoms with Crippen LogP contribution >= 0.6 is 0 Å². The van der Waals surface area contributed by atoms with E-state index in [1.165, 1.54) is 24.3 Å². The van der Waals surface area contributed by atoms with E-state index in [2.05, 4.69) is 0 Å². The van der Waals surface area contributed by atoms with Gasteiger partial charge in [0.1, 0.15) is 0 Å². The number of halogens is 4. The van der Waals surface area contributed by atoms with Crippen LogP contribution in [0.1, 0.15) is 25.0 Å². The molecule has 1 radical (unpaired) electrons. The van der Waals surface area contributed by atoms with Crippen LogP contribution in [0.25, 0.3) is 0 Å². The molecule has 0 aliphatic heterocycles. The topological polar surface area (TPSA) is 0 Å². The first-order chi connectivity index (χ1) is 8.21. The van der Waals surface area contributed by atoms with E-state index in [1.54, 1.807) is 24.3 Å². The van der Waals surface area contributed by atoms with Crippen LogP contribution in [0.4, 0.5) is 17.6 Å². The molecule has 2 aromatic carbocycles. The maximum absolute atomic E-state index is 12.3. The molecule has 0 aliphatic carbocycles. The van der Waals surface area contributed by atoms with Gasteiger partial charge in [-0.05, 0) is 13.8 Å². The van der Waals surface area contributed by atoms with E-state index >= 15 is 0 Å². The molecule has 0 saturated heterocycles. The molecular formula is C14H14CoF4. The fraction of sp³-hybridized carbons (Fsp3) is 0.286. The first-order valence-electron chi connectivity index (χ1n) is 5.41. The van der Waals surface area contributed by atoms with Gasteiger partial charge in [-0.3, -0.25) is 0 Å². The maximum atomic E-state index is 12.3. The van der Waals surface area contributed by atoms with Gasteiger partial charge in [0.25, 0.3) is 0 Å². The number of rotatable bonds is 2. The standard InChI is InChI=1S/2C7H7F2.Co/c2*1-7(8,9)6-4-2-3-5-6;/h2*2-5H,1H3;/q2*-1;+2. The smallest absolute Gasteiger partial charge is 0.216 e. The first kappa shape index (κ1) is 17.9. The van der Waals surface area contributed by atoms with Gasteiger partial charge in [-0.25, -0.2) is 41.8 Å². The Kier molecular flexibility index (Phi) is 6.52. The molecule has 107 valence electrons. The molecule has 0 spiro atoms. The van der Waals surface area contributed by atoms with Crippen molar-refractivity contribution in [3.63, 3.8) is 0 Å². The van der Waals surface area contributed by atoms with Crippen molar-refractivity contribution in [3.8, 4) is 0 Å². The Balaban J connectivity index is 0.000000324. The van der Waals surface area contributed by atoms with E-state index < -0.39 is 11.8 Å². The summed E-state index contributed by atoms with van der Waals surface area (Å²) in [6, 6.07) is 12.1. The predicted molar refractivity (Wildman–Crippen MR) is 63.2 cm³/mol. The minimum absolute atomic E-state index is 0. The van der Waals surface area contributed by atoms with Crippen LogP contribution in [0.5, 0.6) is 0 Å². The van der Waals surface area contributed by atoms with Gasteiger partial charge in [-0.15, -0.1) is 0 Å². The molecule has 19 heavy (non-hydrogen) atoms. The second-order valence-electron chi connectivity index (χ2n) is 4.12. The van der Waals surface area contributed by atoms with E-state index in [4.69, 9.17) is 0 Å². The van der Waals surface area contributed by atoms with Crippen molar-refractivity contribution in [2.45, 2.75) is 25.7 Å². The Labute approximate surface area is 120 Å². The first-order valence-corrected chi connectivity index (χ1v) is 5.41. The van der Waals surface area contributed by atoms with Crippen LogP contribution in [-0.4, -0.2) is 0 Å². The monoisotopic (exact) mass is 317 g/mol. The number of alkyl halides is 4. The van der Waals surface area contributed by atoms with Gasteiger partial charge >= 0.3 is 16.8 Å². The summed E-state index contributed by atoms with van der Waals surface area (Å²) in [5.74, 6) is -5.35. The minimum Gasteiger partial charge on any atom is -0.216 e. The van der Waals surface area contributed by atoms with Crippen LogP contribution in [0, 0.1) is 0 Å². The summed E-state index contributed by atoms with van der Waals surface area (Å²) in [6.45, 7) is 1.78. The van der Waals surface area contributed by atoms with Crippen LogP contribution < -0.4 is 0 Å². The summed E-state index contributed by atoms with van der Waals surface area (Å²) in [5.41, 5.74) is 0.171. The third kappa shape index (κ3) is 6.07. The van der Waals surface area contributed by atoms with E-state index in [0.717, 1.165) is 13.8 Å². The van der Waals surface area contributed by atoms with Crippen molar-refractivity contribution in [1.82, 2.24) is 0 Å². The molecule has 0 heterocycles. The van der Waals surface area contributed by atoms with Gasteiger partial charge in [-0.1, -0.05) is 11.1 Å². The van der Waals surface area contributed by atoms with Gasteiger partial charge in [-0.2, -0.15) is 24.3 Å². The Hall–Kier alpha value is -1.07. The molecule has 0 unspecified atom stereocenters. The average Bonchev–Trinajstić information content (AvgIpc) is 2.91. The van der Waals surface area contributed by atoms with Crippen LogP contribution in [0.2, 0.25) is 0 Å². The van der Waals surface area contributed by atoms with E-state index in [-0.39, 0.29) is 27.9 Å². The van der Waals surface area contributed by atoms with E-state index in [0.29, 0.717) is 0 Å². The van der Waals surface area contributed by atoms with Crippen molar-refractivity contribution >= 4 is 0 Å². The molecule has 0 aromatic heterocycles. The molecule has 5 heteroatoms. The fourth-order valence-electron chi connectivity index (χ4n) is 1.33. The molecule has 0 atom stereocenters.